The maximum absolute atomic E-state index is 12.7. The van der Waals surface area contributed by atoms with Crippen LogP contribution >= 0.6 is 0 Å². The minimum absolute atomic E-state index is 0.122. The summed E-state index contributed by atoms with van der Waals surface area (Å²) in [5.74, 6) is -0.263. The Morgan fingerprint density at radius 1 is 1.37 bits per heavy atom. The molecule has 2 aliphatic rings. The van der Waals surface area contributed by atoms with Crippen molar-refractivity contribution in [2.24, 2.45) is 10.7 Å². The molecule has 0 unspecified atom stereocenters. The number of aliphatic imine (C=N–C) groups is 1. The number of amides is 2. The van der Waals surface area contributed by atoms with E-state index in [-0.39, 0.29) is 11.7 Å². The first-order valence-corrected chi connectivity index (χ1v) is 11.4. The van der Waals surface area contributed by atoms with E-state index in [9.17, 15) is 19.8 Å². The number of allylic oxidation sites excluding steroid dienone is 1. The first-order valence-electron chi connectivity index (χ1n) is 11.4. The summed E-state index contributed by atoms with van der Waals surface area (Å²) in [5.41, 5.74) is 13.4. The smallest absolute Gasteiger partial charge is 0.252 e. The molecular weight excluding hydrogens is 456 g/mol. The Balaban J connectivity index is 1.50. The number of aromatic nitrogens is 3. The van der Waals surface area contributed by atoms with Crippen LogP contribution in [0.3, 0.4) is 0 Å². The van der Waals surface area contributed by atoms with Crippen LogP contribution in [-0.2, 0) is 14.3 Å². The standard InChI is InChI=1S/C22H30N8O5/c1-25-7-5-13(23)12-10-30(20-15(12)19(24)27-11-28-20)22-17(33)16(32)18(35-22)21(34)26-6-3-9-29-8-2-4-14(29)31/h5,7,10-11,16-18,22,32-33H,2-4,6,8-9,23H2,1H3,(H,26,34)(H2,24,27,28)/t16-,17+,18-,22+/m0/s1. The van der Waals surface area contributed by atoms with Crippen LogP contribution in [0.1, 0.15) is 31.1 Å². The summed E-state index contributed by atoms with van der Waals surface area (Å²) in [6.45, 7) is 1.59. The molecule has 13 nitrogen and oxygen atoms in total. The number of anilines is 1. The SMILES string of the molecule is CN=CC=C(N)c1cn([C@@H]2O[C@H](C(=O)NCCCN3CCCC3=O)[C@@H](O)[C@H]2O)c2ncnc(N)c12. The summed E-state index contributed by atoms with van der Waals surface area (Å²) < 4.78 is 7.28. The molecule has 13 heteroatoms. The zero-order valence-electron chi connectivity index (χ0n) is 19.4. The maximum Gasteiger partial charge on any atom is 0.252 e. The van der Waals surface area contributed by atoms with Crippen molar-refractivity contribution in [3.63, 3.8) is 0 Å². The van der Waals surface area contributed by atoms with Gasteiger partial charge in [0.05, 0.1) is 5.39 Å². The van der Waals surface area contributed by atoms with E-state index >= 15 is 0 Å². The fourth-order valence-electron chi connectivity index (χ4n) is 4.39. The van der Waals surface area contributed by atoms with Gasteiger partial charge < -0.3 is 41.2 Å². The van der Waals surface area contributed by atoms with Gasteiger partial charge in [-0.05, 0) is 18.9 Å². The third-order valence-electron chi connectivity index (χ3n) is 6.20. The van der Waals surface area contributed by atoms with Crippen LogP contribution in [0.4, 0.5) is 5.82 Å². The zero-order chi connectivity index (χ0) is 25.1. The molecule has 0 spiro atoms. The molecule has 4 atom stereocenters. The van der Waals surface area contributed by atoms with Gasteiger partial charge in [0.15, 0.2) is 12.3 Å². The van der Waals surface area contributed by atoms with E-state index < -0.39 is 30.4 Å². The van der Waals surface area contributed by atoms with Crippen molar-refractivity contribution in [2.45, 2.75) is 43.8 Å². The number of aliphatic hydroxyl groups is 2. The zero-order valence-corrected chi connectivity index (χ0v) is 19.4. The summed E-state index contributed by atoms with van der Waals surface area (Å²) in [6.07, 6.45) is 2.61. The van der Waals surface area contributed by atoms with Gasteiger partial charge in [0.1, 0.15) is 30.0 Å². The van der Waals surface area contributed by atoms with E-state index in [0.29, 0.717) is 48.2 Å². The Bertz CT molecular complexity index is 1160. The topological polar surface area (TPSA) is 194 Å². The number of carbonyl (C=O) groups is 2. The highest BCUT2D eigenvalue weighted by Crippen LogP contribution is 2.36. The van der Waals surface area contributed by atoms with Crippen molar-refractivity contribution in [3.8, 4) is 0 Å². The monoisotopic (exact) mass is 486 g/mol. The van der Waals surface area contributed by atoms with Gasteiger partial charge in [-0.15, -0.1) is 0 Å². The normalized spacial score (nSPS) is 25.3. The minimum Gasteiger partial charge on any atom is -0.398 e. The van der Waals surface area contributed by atoms with Gasteiger partial charge in [-0.3, -0.25) is 14.6 Å². The summed E-state index contributed by atoms with van der Waals surface area (Å²) in [7, 11) is 1.60. The van der Waals surface area contributed by atoms with E-state index in [4.69, 9.17) is 16.2 Å². The number of aliphatic hydroxyl groups excluding tert-OH is 2. The van der Waals surface area contributed by atoms with Gasteiger partial charge in [0, 0.05) is 56.8 Å². The van der Waals surface area contributed by atoms with E-state index in [1.54, 1.807) is 24.2 Å². The molecule has 0 bridgehead atoms. The number of nitrogen functional groups attached to an aromatic ring is 1. The maximum atomic E-state index is 12.7. The van der Waals surface area contributed by atoms with Crippen LogP contribution in [0.2, 0.25) is 0 Å². The average molecular weight is 487 g/mol. The molecule has 4 rings (SSSR count). The summed E-state index contributed by atoms with van der Waals surface area (Å²) in [4.78, 5) is 38.3. The Kier molecular flexibility index (Phi) is 7.28. The van der Waals surface area contributed by atoms with Gasteiger partial charge in [-0.2, -0.15) is 0 Å². The number of nitrogens with one attached hydrogen (secondary N) is 1. The molecule has 0 aliphatic carbocycles. The second-order valence-electron chi connectivity index (χ2n) is 8.49. The van der Waals surface area contributed by atoms with Crippen molar-refractivity contribution in [3.05, 3.63) is 24.2 Å². The van der Waals surface area contributed by atoms with Gasteiger partial charge in [0.25, 0.3) is 5.91 Å². The van der Waals surface area contributed by atoms with Crippen LogP contribution in [0, 0.1) is 0 Å². The van der Waals surface area contributed by atoms with E-state index in [2.05, 4.69) is 20.3 Å². The molecule has 2 aromatic rings. The number of nitrogens with zero attached hydrogens (tertiary/aromatic N) is 5. The van der Waals surface area contributed by atoms with Crippen LogP contribution in [0.15, 0.2) is 23.6 Å². The highest BCUT2D eigenvalue weighted by atomic mass is 16.6. The molecule has 188 valence electrons. The predicted octanol–water partition coefficient (Wildman–Crippen LogP) is -1.24. The number of ether oxygens (including phenoxy) is 1. The highest BCUT2D eigenvalue weighted by Gasteiger charge is 2.47. The Morgan fingerprint density at radius 3 is 2.89 bits per heavy atom. The fourth-order valence-corrected chi connectivity index (χ4v) is 4.39. The highest BCUT2D eigenvalue weighted by molar-refractivity contribution is 5.99. The van der Waals surface area contributed by atoms with Crippen molar-refractivity contribution in [1.82, 2.24) is 24.8 Å². The van der Waals surface area contributed by atoms with Gasteiger partial charge in [0.2, 0.25) is 5.91 Å². The Labute approximate surface area is 201 Å². The van der Waals surface area contributed by atoms with Crippen LogP contribution in [-0.4, -0.2) is 92.7 Å². The summed E-state index contributed by atoms with van der Waals surface area (Å²) in [5, 5.41) is 24.5. The largest absolute Gasteiger partial charge is 0.398 e. The number of likely N-dealkylation sites (tertiary alicyclic amines) is 1. The number of fused-ring (bicyclic) bond motifs is 1. The molecule has 0 aromatic carbocycles. The van der Waals surface area contributed by atoms with Crippen molar-refractivity contribution >= 4 is 40.6 Å². The van der Waals surface area contributed by atoms with E-state index in [1.165, 1.54) is 17.1 Å². The first kappa shape index (κ1) is 24.6. The van der Waals surface area contributed by atoms with Crippen molar-refractivity contribution in [2.75, 3.05) is 32.4 Å². The van der Waals surface area contributed by atoms with Gasteiger partial charge in [-0.25, -0.2) is 9.97 Å². The van der Waals surface area contributed by atoms with Crippen LogP contribution < -0.4 is 16.8 Å². The average Bonchev–Trinajstić information content (AvgIpc) is 3.52. The molecular formula is C22H30N8O5. The lowest BCUT2D eigenvalue weighted by Crippen LogP contribution is -2.43. The molecule has 2 aliphatic heterocycles. The summed E-state index contributed by atoms with van der Waals surface area (Å²) in [6, 6.07) is 0. The van der Waals surface area contributed by atoms with Gasteiger partial charge in [-0.1, -0.05) is 0 Å². The number of hydrogen-bond donors (Lipinski definition) is 5. The molecule has 2 aromatic heterocycles. The molecule has 35 heavy (non-hydrogen) atoms. The molecule has 2 saturated heterocycles. The molecule has 2 amide bonds. The van der Waals surface area contributed by atoms with Crippen LogP contribution in [0.25, 0.3) is 16.7 Å². The van der Waals surface area contributed by atoms with Gasteiger partial charge >= 0.3 is 0 Å². The lowest BCUT2D eigenvalue weighted by atomic mass is 10.1. The van der Waals surface area contributed by atoms with Crippen molar-refractivity contribution in [1.29, 1.82) is 0 Å². The third-order valence-corrected chi connectivity index (χ3v) is 6.20. The second-order valence-corrected chi connectivity index (χ2v) is 8.49. The molecule has 4 heterocycles. The number of carbonyl (C=O) groups excluding carboxylic acids is 2. The predicted molar refractivity (Wildman–Crippen MR) is 128 cm³/mol. The Morgan fingerprint density at radius 2 is 2.17 bits per heavy atom. The lowest BCUT2D eigenvalue weighted by molar-refractivity contribution is -0.137. The Hall–Kier alpha value is -3.55. The quantitative estimate of drug-likeness (QED) is 0.224. The van der Waals surface area contributed by atoms with Crippen LogP contribution in [0.5, 0.6) is 0 Å². The fraction of sp³-hybridized carbons (Fsp3) is 0.500. The third kappa shape index (κ3) is 4.83. The summed E-state index contributed by atoms with van der Waals surface area (Å²) >= 11 is 0. The van der Waals surface area contributed by atoms with E-state index in [0.717, 1.165) is 13.0 Å². The van der Waals surface area contributed by atoms with Crippen molar-refractivity contribution < 1.29 is 24.5 Å². The number of rotatable bonds is 8. The molecule has 0 radical (unpaired) electrons. The molecule has 2 fully saturated rings. The minimum atomic E-state index is -1.47. The van der Waals surface area contributed by atoms with E-state index in [1.807, 2.05) is 0 Å². The number of nitrogens with two attached hydrogens (primary N) is 2. The second kappa shape index (κ2) is 10.4. The number of hydrogen-bond acceptors (Lipinski definition) is 10. The lowest BCUT2D eigenvalue weighted by Gasteiger charge is -2.17. The molecule has 0 saturated carbocycles. The molecule has 7 N–H and O–H groups in total. The first-order chi connectivity index (χ1) is 16.8.